The van der Waals surface area contributed by atoms with Crippen molar-refractivity contribution in [3.8, 4) is 0 Å². The van der Waals surface area contributed by atoms with Crippen LogP contribution in [0.2, 0.25) is 0 Å². The maximum Gasteiger partial charge on any atom is 0.352 e. The number of hydrogen-bond acceptors (Lipinski definition) is 6. The number of benzene rings is 1. The number of carboxylic acids is 1. The molecule has 0 aromatic heterocycles. The van der Waals surface area contributed by atoms with Crippen molar-refractivity contribution in [1.82, 2.24) is 4.90 Å². The smallest absolute Gasteiger partial charge is 0.352 e. The SMILES string of the molecule is C[C@@H](O)[C@H]1C(=O)N2C(C(=O)O)=C(c3ccc(N)cc3)C(COC(=O)C(C)(C)C)[C@H]12. The van der Waals surface area contributed by atoms with E-state index in [2.05, 4.69) is 0 Å². The van der Waals surface area contributed by atoms with Gasteiger partial charge in [-0.25, -0.2) is 4.79 Å². The second-order valence-electron chi connectivity index (χ2n) is 8.61. The lowest BCUT2D eigenvalue weighted by molar-refractivity contribution is -0.166. The van der Waals surface area contributed by atoms with Crippen molar-refractivity contribution < 1.29 is 29.3 Å². The summed E-state index contributed by atoms with van der Waals surface area (Å²) in [5, 5.41) is 19.9. The van der Waals surface area contributed by atoms with Crippen LogP contribution in [-0.2, 0) is 19.1 Å². The van der Waals surface area contributed by atoms with Crippen molar-refractivity contribution in [3.63, 3.8) is 0 Å². The standard InChI is InChI=1S/C21H26N2O6/c1-10(24)14-16-13(9-29-20(28)21(2,3)4)15(11-5-7-12(22)8-6-11)17(19(26)27)23(16)18(14)25/h5-8,10,13-14,16,24H,9,22H2,1-4H3,(H,26,27)/t10-,13?,14-,16-/m1/s1. The molecule has 1 saturated heterocycles. The lowest BCUT2D eigenvalue weighted by Crippen LogP contribution is -2.64. The van der Waals surface area contributed by atoms with E-state index in [1.54, 1.807) is 45.0 Å². The molecule has 3 rings (SSSR count). The first-order valence-corrected chi connectivity index (χ1v) is 9.47. The summed E-state index contributed by atoms with van der Waals surface area (Å²) in [5.41, 5.74) is 6.39. The number of esters is 1. The number of carbonyl (C=O) groups is 3. The predicted molar refractivity (Wildman–Crippen MR) is 105 cm³/mol. The number of nitrogen functional groups attached to an aromatic ring is 1. The number of anilines is 1. The summed E-state index contributed by atoms with van der Waals surface area (Å²) >= 11 is 0. The quantitative estimate of drug-likeness (QED) is 0.386. The Morgan fingerprint density at radius 2 is 1.83 bits per heavy atom. The van der Waals surface area contributed by atoms with Crippen molar-refractivity contribution in [2.24, 2.45) is 17.3 Å². The first kappa shape index (κ1) is 20.9. The summed E-state index contributed by atoms with van der Waals surface area (Å²) in [6.07, 6.45) is -0.953. The molecule has 0 bridgehead atoms. The number of hydrogen-bond donors (Lipinski definition) is 3. The number of amides is 1. The zero-order chi connectivity index (χ0) is 21.7. The second-order valence-corrected chi connectivity index (χ2v) is 8.61. The van der Waals surface area contributed by atoms with Gasteiger partial charge in [0, 0.05) is 11.6 Å². The van der Waals surface area contributed by atoms with Crippen molar-refractivity contribution >= 4 is 29.1 Å². The van der Waals surface area contributed by atoms with Gasteiger partial charge in [-0.3, -0.25) is 9.59 Å². The van der Waals surface area contributed by atoms with Crippen LogP contribution in [0.1, 0.15) is 33.3 Å². The Bertz CT molecular complexity index is 881. The lowest BCUT2D eigenvalue weighted by atomic mass is 9.76. The average molecular weight is 402 g/mol. The van der Waals surface area contributed by atoms with Crippen LogP contribution in [0.5, 0.6) is 0 Å². The maximum absolute atomic E-state index is 12.6. The molecule has 0 saturated carbocycles. The fourth-order valence-electron chi connectivity index (χ4n) is 3.99. The molecule has 4 atom stereocenters. The summed E-state index contributed by atoms with van der Waals surface area (Å²) in [7, 11) is 0. The zero-order valence-electron chi connectivity index (χ0n) is 16.9. The molecule has 2 heterocycles. The molecule has 1 aromatic carbocycles. The number of rotatable bonds is 5. The largest absolute Gasteiger partial charge is 0.477 e. The lowest BCUT2D eigenvalue weighted by Gasteiger charge is -2.46. The number of carbonyl (C=O) groups excluding carboxylic acids is 2. The Hall–Kier alpha value is -2.87. The van der Waals surface area contributed by atoms with E-state index in [0.29, 0.717) is 16.8 Å². The molecule has 1 amide bonds. The number of fused-ring (bicyclic) bond motifs is 1. The third kappa shape index (κ3) is 3.48. The van der Waals surface area contributed by atoms with Crippen LogP contribution in [0, 0.1) is 17.3 Å². The summed E-state index contributed by atoms with van der Waals surface area (Å²) in [6, 6.07) is 6.06. The van der Waals surface area contributed by atoms with Gasteiger partial charge < -0.3 is 25.6 Å². The molecule has 8 nitrogen and oxygen atoms in total. The highest BCUT2D eigenvalue weighted by Crippen LogP contribution is 2.50. The molecule has 2 aliphatic rings. The number of ether oxygens (including phenoxy) is 1. The molecule has 29 heavy (non-hydrogen) atoms. The summed E-state index contributed by atoms with van der Waals surface area (Å²) in [6.45, 7) is 6.58. The van der Waals surface area contributed by atoms with Crippen LogP contribution in [0.3, 0.4) is 0 Å². The Balaban J connectivity index is 2.06. The van der Waals surface area contributed by atoms with Gasteiger partial charge in [0.05, 0.1) is 23.5 Å². The van der Waals surface area contributed by atoms with Gasteiger partial charge in [-0.05, 0) is 51.0 Å². The highest BCUT2D eigenvalue weighted by atomic mass is 16.5. The summed E-state index contributed by atoms with van der Waals surface area (Å²) in [5.74, 6) is -3.45. The monoisotopic (exact) mass is 402 g/mol. The topological polar surface area (TPSA) is 130 Å². The van der Waals surface area contributed by atoms with Crippen molar-refractivity contribution in [3.05, 3.63) is 35.5 Å². The molecule has 2 aliphatic heterocycles. The van der Waals surface area contributed by atoms with E-state index >= 15 is 0 Å². The van der Waals surface area contributed by atoms with Gasteiger partial charge >= 0.3 is 11.9 Å². The molecule has 0 radical (unpaired) electrons. The van der Waals surface area contributed by atoms with Crippen molar-refractivity contribution in [1.29, 1.82) is 0 Å². The van der Waals surface area contributed by atoms with Crippen molar-refractivity contribution in [2.45, 2.75) is 39.8 Å². The number of aliphatic hydroxyl groups excluding tert-OH is 1. The minimum absolute atomic E-state index is 0.0930. The third-order valence-electron chi connectivity index (χ3n) is 5.42. The predicted octanol–water partition coefficient (Wildman–Crippen LogP) is 1.49. The van der Waals surface area contributed by atoms with Crippen LogP contribution in [-0.4, -0.2) is 51.7 Å². The molecule has 1 unspecified atom stereocenters. The van der Waals surface area contributed by atoms with E-state index < -0.39 is 47.2 Å². The van der Waals surface area contributed by atoms with Gasteiger partial charge in [0.25, 0.3) is 0 Å². The number of nitrogens with zero attached hydrogens (tertiary/aromatic N) is 1. The van der Waals surface area contributed by atoms with Crippen molar-refractivity contribution in [2.75, 3.05) is 12.3 Å². The van der Waals surface area contributed by atoms with Gasteiger partial charge in [-0.15, -0.1) is 0 Å². The fraction of sp³-hybridized carbons (Fsp3) is 0.476. The number of nitrogens with two attached hydrogens (primary N) is 1. The maximum atomic E-state index is 12.6. The highest BCUT2D eigenvalue weighted by Gasteiger charge is 2.61. The Morgan fingerprint density at radius 1 is 1.24 bits per heavy atom. The van der Waals surface area contributed by atoms with Crippen LogP contribution in [0.25, 0.3) is 5.57 Å². The Labute approximate surface area is 168 Å². The van der Waals surface area contributed by atoms with E-state index in [9.17, 15) is 24.6 Å². The minimum Gasteiger partial charge on any atom is -0.477 e. The van der Waals surface area contributed by atoms with Gasteiger partial charge in [0.1, 0.15) is 12.3 Å². The van der Waals surface area contributed by atoms with Gasteiger partial charge in [-0.1, -0.05) is 12.1 Å². The van der Waals surface area contributed by atoms with E-state index in [-0.39, 0.29) is 12.3 Å². The normalized spacial score (nSPS) is 24.8. The molecular formula is C21H26N2O6. The first-order valence-electron chi connectivity index (χ1n) is 9.47. The van der Waals surface area contributed by atoms with E-state index in [1.165, 1.54) is 11.8 Å². The number of β-lactam (4-membered cyclic amide) rings is 1. The van der Waals surface area contributed by atoms with Crippen LogP contribution in [0.15, 0.2) is 30.0 Å². The highest BCUT2D eigenvalue weighted by molar-refractivity contribution is 6.06. The van der Waals surface area contributed by atoms with Crippen LogP contribution in [0.4, 0.5) is 5.69 Å². The molecule has 156 valence electrons. The number of aliphatic carboxylic acids is 1. The minimum atomic E-state index is -1.25. The molecule has 0 spiro atoms. The summed E-state index contributed by atoms with van der Waals surface area (Å²) < 4.78 is 5.50. The fourth-order valence-corrected chi connectivity index (χ4v) is 3.99. The van der Waals surface area contributed by atoms with E-state index in [4.69, 9.17) is 10.5 Å². The van der Waals surface area contributed by atoms with Gasteiger partial charge in [0.2, 0.25) is 5.91 Å². The summed E-state index contributed by atoms with van der Waals surface area (Å²) in [4.78, 5) is 38.2. The Kier molecular flexibility index (Phi) is 5.17. The second kappa shape index (κ2) is 7.18. The first-order chi connectivity index (χ1) is 13.4. The number of aliphatic hydroxyl groups is 1. The molecule has 8 heteroatoms. The number of carboxylic acid groups (broad SMARTS) is 1. The Morgan fingerprint density at radius 3 is 2.31 bits per heavy atom. The molecule has 4 N–H and O–H groups in total. The molecular weight excluding hydrogens is 376 g/mol. The van der Waals surface area contributed by atoms with Gasteiger partial charge in [0.15, 0.2) is 0 Å². The molecule has 0 aliphatic carbocycles. The van der Waals surface area contributed by atoms with E-state index in [1.807, 2.05) is 0 Å². The van der Waals surface area contributed by atoms with Crippen LogP contribution < -0.4 is 5.73 Å². The molecule has 1 aromatic rings. The van der Waals surface area contributed by atoms with E-state index in [0.717, 1.165) is 0 Å². The third-order valence-corrected chi connectivity index (χ3v) is 5.42. The van der Waals surface area contributed by atoms with Crippen LogP contribution >= 0.6 is 0 Å². The average Bonchev–Trinajstić information content (AvgIpc) is 2.89. The zero-order valence-corrected chi connectivity index (χ0v) is 16.9. The molecule has 1 fully saturated rings. The van der Waals surface area contributed by atoms with Gasteiger partial charge in [-0.2, -0.15) is 0 Å².